The van der Waals surface area contributed by atoms with Crippen molar-refractivity contribution in [3.05, 3.63) is 71.3 Å². The van der Waals surface area contributed by atoms with Crippen LogP contribution < -0.4 is 16.0 Å². The lowest BCUT2D eigenvalue weighted by Gasteiger charge is -2.18. The van der Waals surface area contributed by atoms with Crippen molar-refractivity contribution in [3.63, 3.8) is 0 Å². The van der Waals surface area contributed by atoms with Gasteiger partial charge >= 0.3 is 0 Å². The fraction of sp³-hybridized carbons (Fsp3) is 0.417. The van der Waals surface area contributed by atoms with E-state index in [0.717, 1.165) is 30.6 Å². The highest BCUT2D eigenvalue weighted by Crippen LogP contribution is 2.14. The van der Waals surface area contributed by atoms with Crippen molar-refractivity contribution in [1.29, 1.82) is 0 Å². The fourth-order valence-corrected chi connectivity index (χ4v) is 3.58. The average Bonchev–Trinajstić information content (AvgIpc) is 3.34. The van der Waals surface area contributed by atoms with Gasteiger partial charge in [0, 0.05) is 44.8 Å². The van der Waals surface area contributed by atoms with E-state index in [4.69, 9.17) is 4.74 Å². The van der Waals surface area contributed by atoms with Crippen molar-refractivity contribution in [2.24, 2.45) is 4.99 Å². The molecule has 0 bridgehead atoms. The van der Waals surface area contributed by atoms with Crippen LogP contribution in [-0.2, 0) is 11.3 Å². The van der Waals surface area contributed by atoms with Crippen LogP contribution in [0.25, 0.3) is 0 Å². The first-order valence-corrected chi connectivity index (χ1v) is 10.8. The summed E-state index contributed by atoms with van der Waals surface area (Å²) in [7, 11) is 1.71. The minimum atomic E-state index is -0.0893. The van der Waals surface area contributed by atoms with Crippen LogP contribution in [0.4, 0.5) is 0 Å². The molecule has 1 saturated heterocycles. The number of ether oxygens (including phenoxy) is 1. The van der Waals surface area contributed by atoms with E-state index >= 15 is 0 Å². The van der Waals surface area contributed by atoms with Gasteiger partial charge in [-0.05, 0) is 36.1 Å². The van der Waals surface area contributed by atoms with Crippen molar-refractivity contribution in [2.45, 2.75) is 31.4 Å². The highest BCUT2D eigenvalue weighted by atomic mass is 16.5. The summed E-state index contributed by atoms with van der Waals surface area (Å²) < 4.78 is 5.56. The van der Waals surface area contributed by atoms with Crippen LogP contribution in [0.1, 0.15) is 40.2 Å². The van der Waals surface area contributed by atoms with Gasteiger partial charge in [0.2, 0.25) is 0 Å². The summed E-state index contributed by atoms with van der Waals surface area (Å²) in [4.78, 5) is 16.7. The predicted octanol–water partition coefficient (Wildman–Crippen LogP) is 2.04. The summed E-state index contributed by atoms with van der Waals surface area (Å²) in [5, 5.41) is 19.2. The van der Waals surface area contributed by atoms with Gasteiger partial charge < -0.3 is 25.8 Å². The summed E-state index contributed by atoms with van der Waals surface area (Å²) in [5.74, 6) is 0.534. The largest absolute Gasteiger partial charge is 0.396 e. The number of carbonyl (C=O) groups is 1. The Hall–Kier alpha value is -2.90. The molecule has 1 amide bonds. The minimum Gasteiger partial charge on any atom is -0.396 e. The Morgan fingerprint density at radius 2 is 2.00 bits per heavy atom. The van der Waals surface area contributed by atoms with Gasteiger partial charge in [-0.25, -0.2) is 0 Å². The molecule has 2 unspecified atom stereocenters. The lowest BCUT2D eigenvalue weighted by atomic mass is 10.0. The van der Waals surface area contributed by atoms with E-state index in [1.807, 2.05) is 54.6 Å². The number of benzene rings is 2. The summed E-state index contributed by atoms with van der Waals surface area (Å²) in [6.07, 6.45) is 2.18. The van der Waals surface area contributed by atoms with E-state index in [-0.39, 0.29) is 24.5 Å². The Bertz CT molecular complexity index is 851. The molecule has 0 radical (unpaired) electrons. The van der Waals surface area contributed by atoms with Crippen LogP contribution in [0.2, 0.25) is 0 Å². The number of aliphatic imine (C=N–C) groups is 1. The molecule has 166 valence electrons. The number of nitrogens with one attached hydrogen (secondary N) is 3. The average molecular weight is 425 g/mol. The van der Waals surface area contributed by atoms with Gasteiger partial charge in [-0.2, -0.15) is 0 Å². The molecule has 2 aromatic rings. The standard InChI is InChI=1S/C24H32N4O3/c1-25-24(28-15-21(17-29)19-8-3-2-4-9-19)27-14-18-7-5-10-20(13-18)23(30)26-16-22-11-6-12-31-22/h2-5,7-10,13,21-22,29H,6,11-12,14-17H2,1H3,(H,26,30)(H2,25,27,28). The molecule has 1 aliphatic rings. The monoisotopic (exact) mass is 424 g/mol. The van der Waals surface area contributed by atoms with Crippen LogP contribution >= 0.6 is 0 Å². The molecule has 3 rings (SSSR count). The van der Waals surface area contributed by atoms with Crippen LogP contribution in [0.3, 0.4) is 0 Å². The van der Waals surface area contributed by atoms with Crippen LogP contribution in [0.15, 0.2) is 59.6 Å². The van der Waals surface area contributed by atoms with E-state index in [0.29, 0.717) is 31.2 Å². The minimum absolute atomic E-state index is 0.0179. The SMILES string of the molecule is CN=C(NCc1cccc(C(=O)NCC2CCCO2)c1)NCC(CO)c1ccccc1. The van der Waals surface area contributed by atoms with Crippen LogP contribution in [0.5, 0.6) is 0 Å². The molecule has 0 spiro atoms. The van der Waals surface area contributed by atoms with Gasteiger partial charge in [0.25, 0.3) is 5.91 Å². The zero-order valence-electron chi connectivity index (χ0n) is 18.0. The van der Waals surface area contributed by atoms with Gasteiger partial charge in [-0.15, -0.1) is 0 Å². The van der Waals surface area contributed by atoms with E-state index in [9.17, 15) is 9.90 Å². The number of carbonyl (C=O) groups excluding carboxylic acids is 1. The predicted molar refractivity (Wildman–Crippen MR) is 122 cm³/mol. The second-order valence-corrected chi connectivity index (χ2v) is 7.64. The Kier molecular flexibility index (Phi) is 8.87. The molecule has 7 heteroatoms. The second kappa shape index (κ2) is 12.1. The number of aliphatic hydroxyl groups excluding tert-OH is 1. The smallest absolute Gasteiger partial charge is 0.251 e. The molecule has 1 heterocycles. The normalized spacial score (nSPS) is 17.2. The number of rotatable bonds is 9. The van der Waals surface area contributed by atoms with Crippen molar-refractivity contribution in [3.8, 4) is 0 Å². The number of hydrogen-bond donors (Lipinski definition) is 4. The quantitative estimate of drug-likeness (QED) is 0.365. The highest BCUT2D eigenvalue weighted by molar-refractivity contribution is 5.94. The van der Waals surface area contributed by atoms with Crippen molar-refractivity contribution in [1.82, 2.24) is 16.0 Å². The van der Waals surface area contributed by atoms with E-state index in [1.54, 1.807) is 7.05 Å². The Morgan fingerprint density at radius 3 is 2.71 bits per heavy atom. The molecule has 0 aromatic heterocycles. The zero-order chi connectivity index (χ0) is 21.9. The molecule has 4 N–H and O–H groups in total. The summed E-state index contributed by atoms with van der Waals surface area (Å²) >= 11 is 0. The van der Waals surface area contributed by atoms with E-state index in [2.05, 4.69) is 20.9 Å². The highest BCUT2D eigenvalue weighted by Gasteiger charge is 2.17. The topological polar surface area (TPSA) is 95.0 Å². The number of hydrogen-bond acceptors (Lipinski definition) is 4. The lowest BCUT2D eigenvalue weighted by molar-refractivity contribution is 0.0857. The zero-order valence-corrected chi connectivity index (χ0v) is 18.0. The summed E-state index contributed by atoms with van der Waals surface area (Å²) in [5.41, 5.74) is 2.69. The van der Waals surface area contributed by atoms with Crippen molar-refractivity contribution < 1.29 is 14.6 Å². The van der Waals surface area contributed by atoms with Crippen LogP contribution in [-0.4, -0.2) is 56.4 Å². The van der Waals surface area contributed by atoms with Gasteiger partial charge in [-0.1, -0.05) is 42.5 Å². The molecule has 31 heavy (non-hydrogen) atoms. The maximum absolute atomic E-state index is 12.4. The molecule has 2 atom stereocenters. The maximum Gasteiger partial charge on any atom is 0.251 e. The first-order chi connectivity index (χ1) is 15.2. The van der Waals surface area contributed by atoms with Gasteiger partial charge in [0.15, 0.2) is 5.96 Å². The lowest BCUT2D eigenvalue weighted by Crippen LogP contribution is -2.39. The Balaban J connectivity index is 1.48. The third-order valence-corrected chi connectivity index (χ3v) is 5.39. The van der Waals surface area contributed by atoms with Crippen LogP contribution in [0, 0.1) is 0 Å². The fourth-order valence-electron chi connectivity index (χ4n) is 3.58. The van der Waals surface area contributed by atoms with Crippen molar-refractivity contribution in [2.75, 3.05) is 33.4 Å². The van der Waals surface area contributed by atoms with Crippen molar-refractivity contribution >= 4 is 11.9 Å². The molecular weight excluding hydrogens is 392 g/mol. The summed E-state index contributed by atoms with van der Waals surface area (Å²) in [6, 6.07) is 17.5. The number of aliphatic hydroxyl groups is 1. The number of amides is 1. The number of nitrogens with zero attached hydrogens (tertiary/aromatic N) is 1. The van der Waals surface area contributed by atoms with Gasteiger partial charge in [-0.3, -0.25) is 9.79 Å². The molecule has 1 fully saturated rings. The summed E-state index contributed by atoms with van der Waals surface area (Å²) in [6.45, 7) is 2.47. The van der Waals surface area contributed by atoms with Gasteiger partial charge in [0.1, 0.15) is 0 Å². The second-order valence-electron chi connectivity index (χ2n) is 7.64. The van der Waals surface area contributed by atoms with E-state index < -0.39 is 0 Å². The molecule has 0 saturated carbocycles. The molecule has 7 nitrogen and oxygen atoms in total. The Morgan fingerprint density at radius 1 is 1.16 bits per heavy atom. The Labute approximate surface area is 183 Å². The maximum atomic E-state index is 12.4. The van der Waals surface area contributed by atoms with Gasteiger partial charge in [0.05, 0.1) is 12.7 Å². The van der Waals surface area contributed by atoms with E-state index in [1.165, 1.54) is 0 Å². The molecular formula is C24H32N4O3. The molecule has 0 aliphatic carbocycles. The third-order valence-electron chi connectivity index (χ3n) is 5.39. The number of guanidine groups is 1. The molecule has 1 aliphatic heterocycles. The first-order valence-electron chi connectivity index (χ1n) is 10.8. The first kappa shape index (κ1) is 22.8. The third kappa shape index (κ3) is 7.08. The molecule has 2 aromatic carbocycles.